The minimum Gasteiger partial charge on any atom is -0.497 e. The van der Waals surface area contributed by atoms with Crippen LogP contribution in [0.25, 0.3) is 0 Å². The van der Waals surface area contributed by atoms with Gasteiger partial charge in [0.15, 0.2) is 6.61 Å². The van der Waals surface area contributed by atoms with E-state index in [1.165, 1.54) is 0 Å². The van der Waals surface area contributed by atoms with Crippen LogP contribution in [0, 0.1) is 0 Å². The Morgan fingerprint density at radius 2 is 1.95 bits per heavy atom. The lowest BCUT2D eigenvalue weighted by molar-refractivity contribution is -0.135. The summed E-state index contributed by atoms with van der Waals surface area (Å²) >= 11 is 0. The number of carbonyl (C=O) groups is 2. The molecule has 1 saturated heterocycles. The Labute approximate surface area is 122 Å². The Morgan fingerprint density at radius 3 is 2.57 bits per heavy atom. The molecule has 0 radical (unpaired) electrons. The third-order valence-electron chi connectivity index (χ3n) is 2.98. The third kappa shape index (κ3) is 4.64. The highest BCUT2D eigenvalue weighted by Crippen LogP contribution is 2.16. The van der Waals surface area contributed by atoms with Gasteiger partial charge in [-0.3, -0.25) is 20.4 Å². The summed E-state index contributed by atoms with van der Waals surface area (Å²) in [5, 5.41) is 0. The zero-order valence-corrected chi connectivity index (χ0v) is 11.8. The summed E-state index contributed by atoms with van der Waals surface area (Å²) in [7, 11) is 1.57. The molecule has 7 nitrogen and oxygen atoms in total. The summed E-state index contributed by atoms with van der Waals surface area (Å²) in [5.74, 6) is 0.453. The first-order chi connectivity index (χ1) is 10.2. The maximum absolute atomic E-state index is 11.6. The topological polar surface area (TPSA) is 85.9 Å². The lowest BCUT2D eigenvalue weighted by Gasteiger charge is -2.12. The van der Waals surface area contributed by atoms with Crippen LogP contribution in [-0.4, -0.2) is 38.2 Å². The quantitative estimate of drug-likeness (QED) is 0.768. The molecule has 2 amide bonds. The molecule has 1 heterocycles. The van der Waals surface area contributed by atoms with Crippen molar-refractivity contribution in [3.63, 3.8) is 0 Å². The van der Waals surface area contributed by atoms with Crippen LogP contribution in [-0.2, 0) is 14.3 Å². The van der Waals surface area contributed by atoms with Crippen LogP contribution in [0.3, 0.4) is 0 Å². The summed E-state index contributed by atoms with van der Waals surface area (Å²) in [6.45, 7) is 0.380. The molecule has 114 valence electrons. The number of nitrogens with one attached hydrogen (secondary N) is 2. The summed E-state index contributed by atoms with van der Waals surface area (Å²) in [4.78, 5) is 23.1. The van der Waals surface area contributed by atoms with E-state index in [-0.39, 0.29) is 12.5 Å². The van der Waals surface area contributed by atoms with Crippen molar-refractivity contribution < 1.29 is 23.8 Å². The van der Waals surface area contributed by atoms with Crippen molar-refractivity contribution >= 4 is 11.8 Å². The smallest absolute Gasteiger partial charge is 0.276 e. The fraction of sp³-hybridized carbons (Fsp3) is 0.429. The van der Waals surface area contributed by atoms with Crippen molar-refractivity contribution in [1.82, 2.24) is 10.9 Å². The van der Waals surface area contributed by atoms with Gasteiger partial charge in [-0.2, -0.15) is 0 Å². The van der Waals surface area contributed by atoms with Crippen LogP contribution in [0.4, 0.5) is 0 Å². The molecule has 7 heteroatoms. The van der Waals surface area contributed by atoms with Gasteiger partial charge >= 0.3 is 0 Å². The molecule has 0 saturated carbocycles. The molecule has 1 aromatic rings. The number of hydrogen-bond acceptors (Lipinski definition) is 5. The number of hydrazine groups is 1. The zero-order chi connectivity index (χ0) is 15.1. The van der Waals surface area contributed by atoms with E-state index in [9.17, 15) is 9.59 Å². The number of ether oxygens (including phenoxy) is 3. The molecule has 1 aliphatic rings. The zero-order valence-electron chi connectivity index (χ0n) is 11.8. The van der Waals surface area contributed by atoms with Gasteiger partial charge in [-0.1, -0.05) is 0 Å². The average molecular weight is 294 g/mol. The number of carbonyl (C=O) groups excluding carboxylic acids is 2. The second-order valence-electron chi connectivity index (χ2n) is 4.50. The number of rotatable bonds is 5. The molecule has 1 aromatic carbocycles. The van der Waals surface area contributed by atoms with E-state index in [1.807, 2.05) is 0 Å². The van der Waals surface area contributed by atoms with Crippen molar-refractivity contribution in [2.75, 3.05) is 20.3 Å². The largest absolute Gasteiger partial charge is 0.497 e. The van der Waals surface area contributed by atoms with Crippen LogP contribution < -0.4 is 20.3 Å². The monoisotopic (exact) mass is 294 g/mol. The van der Waals surface area contributed by atoms with Gasteiger partial charge in [0.25, 0.3) is 11.8 Å². The van der Waals surface area contributed by atoms with Gasteiger partial charge in [0.1, 0.15) is 17.6 Å². The Morgan fingerprint density at radius 1 is 1.24 bits per heavy atom. The first-order valence-electron chi connectivity index (χ1n) is 6.66. The Kier molecular flexibility index (Phi) is 5.39. The van der Waals surface area contributed by atoms with Gasteiger partial charge in [0.05, 0.1) is 7.11 Å². The van der Waals surface area contributed by atoms with Crippen LogP contribution in [0.1, 0.15) is 12.8 Å². The van der Waals surface area contributed by atoms with Crippen molar-refractivity contribution in [2.24, 2.45) is 0 Å². The highest BCUT2D eigenvalue weighted by Gasteiger charge is 2.23. The van der Waals surface area contributed by atoms with E-state index in [4.69, 9.17) is 14.2 Å². The van der Waals surface area contributed by atoms with Crippen molar-refractivity contribution in [2.45, 2.75) is 18.9 Å². The number of hydrogen-bond donors (Lipinski definition) is 2. The number of benzene rings is 1. The molecule has 21 heavy (non-hydrogen) atoms. The summed E-state index contributed by atoms with van der Waals surface area (Å²) in [6, 6.07) is 6.84. The maximum atomic E-state index is 11.6. The van der Waals surface area contributed by atoms with E-state index >= 15 is 0 Å². The molecule has 0 bridgehead atoms. The minimum atomic E-state index is -0.479. The predicted octanol–water partition coefficient (Wildman–Crippen LogP) is 0.400. The number of methoxy groups -OCH3 is 1. The number of amides is 2. The normalized spacial score (nSPS) is 17.1. The molecule has 1 aliphatic heterocycles. The SMILES string of the molecule is COc1ccc(OCC(=O)NNC(=O)[C@@H]2CCCO2)cc1. The molecule has 0 aliphatic carbocycles. The van der Waals surface area contributed by atoms with E-state index in [1.54, 1.807) is 31.4 Å². The molecule has 0 aromatic heterocycles. The van der Waals surface area contributed by atoms with Crippen molar-refractivity contribution in [1.29, 1.82) is 0 Å². The molecule has 2 rings (SSSR count). The molecular formula is C14H18N2O5. The van der Waals surface area contributed by atoms with Gasteiger partial charge < -0.3 is 14.2 Å². The fourth-order valence-electron chi connectivity index (χ4n) is 1.85. The maximum Gasteiger partial charge on any atom is 0.276 e. The molecule has 2 N–H and O–H groups in total. The summed E-state index contributed by atoms with van der Waals surface area (Å²) in [5.41, 5.74) is 4.60. The minimum absolute atomic E-state index is 0.196. The first kappa shape index (κ1) is 15.1. The van der Waals surface area contributed by atoms with Crippen LogP contribution in [0.5, 0.6) is 11.5 Å². The molecule has 0 unspecified atom stereocenters. The van der Waals surface area contributed by atoms with Gasteiger partial charge in [-0.05, 0) is 37.1 Å². The molecule has 0 spiro atoms. The lowest BCUT2D eigenvalue weighted by Crippen LogP contribution is -2.47. The standard InChI is InChI=1S/C14H18N2O5/c1-19-10-4-6-11(7-5-10)21-9-13(17)15-16-14(18)12-3-2-8-20-12/h4-7,12H,2-3,8-9H2,1H3,(H,15,17)(H,16,18)/t12-/m0/s1. The van der Waals surface area contributed by atoms with Crippen LogP contribution in [0.15, 0.2) is 24.3 Å². The summed E-state index contributed by atoms with van der Waals surface area (Å²) in [6.07, 6.45) is 1.05. The van der Waals surface area contributed by atoms with Gasteiger partial charge in [0.2, 0.25) is 0 Å². The Hall–Kier alpha value is -2.28. The van der Waals surface area contributed by atoms with Gasteiger partial charge in [-0.15, -0.1) is 0 Å². The second-order valence-corrected chi connectivity index (χ2v) is 4.50. The molecular weight excluding hydrogens is 276 g/mol. The molecule has 1 fully saturated rings. The average Bonchev–Trinajstić information content (AvgIpc) is 3.05. The first-order valence-corrected chi connectivity index (χ1v) is 6.66. The van der Waals surface area contributed by atoms with Gasteiger partial charge in [-0.25, -0.2) is 0 Å². The highest BCUT2D eigenvalue weighted by atomic mass is 16.5. The third-order valence-corrected chi connectivity index (χ3v) is 2.98. The van der Waals surface area contributed by atoms with Crippen molar-refractivity contribution in [3.8, 4) is 11.5 Å². The van der Waals surface area contributed by atoms with E-state index in [0.717, 1.165) is 6.42 Å². The van der Waals surface area contributed by atoms with E-state index in [0.29, 0.717) is 24.5 Å². The van der Waals surface area contributed by atoms with Gasteiger partial charge in [0, 0.05) is 6.61 Å². The molecule has 1 atom stereocenters. The lowest BCUT2D eigenvalue weighted by atomic mass is 10.2. The second kappa shape index (κ2) is 7.49. The van der Waals surface area contributed by atoms with E-state index in [2.05, 4.69) is 10.9 Å². The van der Waals surface area contributed by atoms with E-state index < -0.39 is 12.0 Å². The highest BCUT2D eigenvalue weighted by molar-refractivity contribution is 5.85. The van der Waals surface area contributed by atoms with Crippen molar-refractivity contribution in [3.05, 3.63) is 24.3 Å². The van der Waals surface area contributed by atoms with Crippen LogP contribution >= 0.6 is 0 Å². The summed E-state index contributed by atoms with van der Waals surface area (Å²) < 4.78 is 15.5. The van der Waals surface area contributed by atoms with Crippen LogP contribution in [0.2, 0.25) is 0 Å². The Bertz CT molecular complexity index is 483. The predicted molar refractivity (Wildman–Crippen MR) is 73.7 cm³/mol. The Balaban J connectivity index is 1.67. The fourth-order valence-corrected chi connectivity index (χ4v) is 1.85.